The van der Waals surface area contributed by atoms with E-state index in [-0.39, 0.29) is 6.10 Å². The summed E-state index contributed by atoms with van der Waals surface area (Å²) in [6.45, 7) is 13.9. The Balaban J connectivity index is 2.72. The number of benzene rings is 1. The van der Waals surface area contributed by atoms with E-state index < -0.39 is 16.4 Å². The lowest BCUT2D eigenvalue weighted by Gasteiger charge is -2.25. The molecule has 0 saturated heterocycles. The Morgan fingerprint density at radius 1 is 1.05 bits per heavy atom. The first-order chi connectivity index (χ1) is 9.07. The van der Waals surface area contributed by atoms with Crippen molar-refractivity contribution in [2.24, 2.45) is 0 Å². The summed E-state index contributed by atoms with van der Waals surface area (Å²) in [5, 5.41) is 0.784. The van der Waals surface area contributed by atoms with Gasteiger partial charge in [-0.15, -0.1) is 0 Å². The molecular formula is C16H28ClOSi2+. The maximum absolute atomic E-state index is 6.36. The van der Waals surface area contributed by atoms with Crippen LogP contribution < -0.4 is 0 Å². The van der Waals surface area contributed by atoms with Crippen LogP contribution in [0.1, 0.15) is 18.1 Å². The second kappa shape index (κ2) is 7.16. The van der Waals surface area contributed by atoms with Crippen LogP contribution in [0.15, 0.2) is 24.3 Å². The Labute approximate surface area is 131 Å². The first kappa shape index (κ1) is 17.8. The van der Waals surface area contributed by atoms with Crippen molar-refractivity contribution in [1.29, 1.82) is 0 Å². The van der Waals surface area contributed by atoms with Gasteiger partial charge in [0.1, 0.15) is 12.5 Å². The van der Waals surface area contributed by atoms with Crippen LogP contribution in [-0.2, 0) is 4.43 Å². The molecule has 1 aromatic carbocycles. The van der Waals surface area contributed by atoms with Crippen LogP contribution in [0.2, 0.25) is 50.3 Å². The zero-order chi connectivity index (χ0) is 15.4. The summed E-state index contributed by atoms with van der Waals surface area (Å²) >= 11 is 5.98. The van der Waals surface area contributed by atoms with Crippen molar-refractivity contribution < 1.29 is 4.43 Å². The maximum Gasteiger partial charge on any atom is 0.184 e. The SMILES string of the molecule is C[Si](C)(C)C[CH+]CC(O[Si](C)(C)C)c1ccc(Cl)cc1. The van der Waals surface area contributed by atoms with Gasteiger partial charge >= 0.3 is 0 Å². The lowest BCUT2D eigenvalue weighted by atomic mass is 10.1. The van der Waals surface area contributed by atoms with Crippen molar-refractivity contribution >= 4 is 28.0 Å². The molecule has 112 valence electrons. The van der Waals surface area contributed by atoms with Crippen LogP contribution in [0.5, 0.6) is 0 Å². The van der Waals surface area contributed by atoms with Gasteiger partial charge in [0.2, 0.25) is 0 Å². The molecule has 0 aliphatic rings. The first-order valence-corrected chi connectivity index (χ1v) is 14.8. The van der Waals surface area contributed by atoms with Gasteiger partial charge in [-0.25, -0.2) is 0 Å². The Hall–Kier alpha value is -0.226. The lowest BCUT2D eigenvalue weighted by Crippen LogP contribution is -2.28. The van der Waals surface area contributed by atoms with E-state index >= 15 is 0 Å². The fourth-order valence-electron chi connectivity index (χ4n) is 2.02. The van der Waals surface area contributed by atoms with E-state index in [0.29, 0.717) is 0 Å². The molecule has 0 fully saturated rings. The smallest absolute Gasteiger partial charge is 0.184 e. The molecule has 0 bridgehead atoms. The van der Waals surface area contributed by atoms with Crippen LogP contribution in [0.25, 0.3) is 0 Å². The summed E-state index contributed by atoms with van der Waals surface area (Å²) in [5.74, 6) is 0. The molecule has 0 aliphatic heterocycles. The third-order valence-corrected chi connectivity index (χ3v) is 5.63. The summed E-state index contributed by atoms with van der Waals surface area (Å²) in [5.41, 5.74) is 1.24. The molecule has 0 saturated carbocycles. The minimum absolute atomic E-state index is 0.176. The summed E-state index contributed by atoms with van der Waals surface area (Å²) < 4.78 is 6.36. The van der Waals surface area contributed by atoms with E-state index in [2.05, 4.69) is 57.8 Å². The molecule has 0 N–H and O–H groups in total. The molecule has 1 atom stereocenters. The highest BCUT2D eigenvalue weighted by atomic mass is 35.5. The number of hydrogen-bond acceptors (Lipinski definition) is 1. The summed E-state index contributed by atoms with van der Waals surface area (Å²) in [4.78, 5) is 0. The highest BCUT2D eigenvalue weighted by molar-refractivity contribution is 6.76. The quantitative estimate of drug-likeness (QED) is 0.430. The van der Waals surface area contributed by atoms with E-state index in [1.54, 1.807) is 0 Å². The summed E-state index contributed by atoms with van der Waals surface area (Å²) in [7, 11) is -2.57. The van der Waals surface area contributed by atoms with Gasteiger partial charge in [-0.1, -0.05) is 43.4 Å². The van der Waals surface area contributed by atoms with Crippen molar-refractivity contribution in [3.8, 4) is 0 Å². The van der Waals surface area contributed by atoms with Gasteiger partial charge in [0.25, 0.3) is 0 Å². The minimum atomic E-state index is -1.55. The highest BCUT2D eigenvalue weighted by Gasteiger charge is 2.27. The molecule has 4 heteroatoms. The third-order valence-electron chi connectivity index (χ3n) is 2.88. The summed E-state index contributed by atoms with van der Waals surface area (Å²) in [6.07, 6.45) is 3.59. The number of rotatable bonds is 7. The van der Waals surface area contributed by atoms with E-state index in [4.69, 9.17) is 16.0 Å². The molecule has 0 amide bonds. The molecule has 1 aromatic rings. The van der Waals surface area contributed by atoms with E-state index in [0.717, 1.165) is 11.4 Å². The number of halogens is 1. The molecule has 1 rings (SSSR count). The highest BCUT2D eigenvalue weighted by Crippen LogP contribution is 2.29. The Kier molecular flexibility index (Phi) is 6.38. The van der Waals surface area contributed by atoms with Gasteiger partial charge in [-0.3, -0.25) is 0 Å². The Morgan fingerprint density at radius 3 is 2.05 bits per heavy atom. The third kappa shape index (κ3) is 7.53. The van der Waals surface area contributed by atoms with Gasteiger partial charge < -0.3 is 4.43 Å². The molecule has 1 nitrogen and oxygen atoms in total. The molecule has 0 aromatic heterocycles. The monoisotopic (exact) mass is 327 g/mol. The van der Waals surface area contributed by atoms with Gasteiger partial charge in [0, 0.05) is 5.02 Å². The average Bonchev–Trinajstić information content (AvgIpc) is 2.25. The second-order valence-electron chi connectivity index (χ2n) is 7.56. The number of hydrogen-bond donors (Lipinski definition) is 0. The molecule has 0 heterocycles. The molecule has 0 spiro atoms. The van der Waals surface area contributed by atoms with Crippen molar-refractivity contribution in [2.75, 3.05) is 0 Å². The van der Waals surface area contributed by atoms with Crippen molar-refractivity contribution in [2.45, 2.75) is 57.9 Å². The Bertz CT molecular complexity index is 404. The minimum Gasteiger partial charge on any atom is -0.406 e. The van der Waals surface area contributed by atoms with Crippen LogP contribution in [-0.4, -0.2) is 16.4 Å². The van der Waals surface area contributed by atoms with E-state index in [1.807, 2.05) is 12.1 Å². The average molecular weight is 328 g/mol. The first-order valence-electron chi connectivity index (χ1n) is 7.32. The van der Waals surface area contributed by atoms with Crippen LogP contribution in [0.4, 0.5) is 0 Å². The van der Waals surface area contributed by atoms with Gasteiger partial charge in [-0.2, -0.15) is 0 Å². The normalized spacial score (nSPS) is 14.2. The van der Waals surface area contributed by atoms with Gasteiger partial charge in [0.15, 0.2) is 8.32 Å². The van der Waals surface area contributed by atoms with E-state index in [9.17, 15) is 0 Å². The zero-order valence-electron chi connectivity index (χ0n) is 13.7. The molecular weight excluding hydrogens is 300 g/mol. The topological polar surface area (TPSA) is 9.23 Å². The lowest BCUT2D eigenvalue weighted by molar-refractivity contribution is 0.197. The fourth-order valence-corrected chi connectivity index (χ4v) is 4.27. The second-order valence-corrected chi connectivity index (χ2v) is 18.0. The molecule has 0 radical (unpaired) electrons. The van der Waals surface area contributed by atoms with Crippen LogP contribution in [0, 0.1) is 6.42 Å². The van der Waals surface area contributed by atoms with Crippen molar-refractivity contribution in [3.63, 3.8) is 0 Å². The summed E-state index contributed by atoms with van der Waals surface area (Å²) in [6, 6.07) is 9.34. The Morgan fingerprint density at radius 2 is 1.60 bits per heavy atom. The van der Waals surface area contributed by atoms with Crippen LogP contribution in [0.3, 0.4) is 0 Å². The maximum atomic E-state index is 6.36. The van der Waals surface area contributed by atoms with E-state index in [1.165, 1.54) is 11.6 Å². The van der Waals surface area contributed by atoms with Gasteiger partial charge in [0.05, 0.1) is 20.5 Å². The fraction of sp³-hybridized carbons (Fsp3) is 0.562. The molecule has 1 unspecified atom stereocenters. The molecule has 0 aliphatic carbocycles. The predicted octanol–water partition coefficient (Wildman–Crippen LogP) is 6.17. The predicted molar refractivity (Wildman–Crippen MR) is 95.7 cm³/mol. The van der Waals surface area contributed by atoms with Crippen LogP contribution >= 0.6 is 11.6 Å². The zero-order valence-corrected chi connectivity index (χ0v) is 16.4. The standard InChI is InChI=1S/C16H28ClOSi2/c1-19(2,3)13-7-8-16(18-20(4,5)6)14-9-11-15(17)12-10-14/h7,9-12,16H,8,13H2,1-6H3/q+1. The largest absolute Gasteiger partial charge is 0.406 e. The van der Waals surface area contributed by atoms with Crippen molar-refractivity contribution in [1.82, 2.24) is 0 Å². The van der Waals surface area contributed by atoms with Crippen molar-refractivity contribution in [3.05, 3.63) is 41.3 Å². The van der Waals surface area contributed by atoms with Gasteiger partial charge in [-0.05, 0) is 37.3 Å². The molecule has 20 heavy (non-hydrogen) atoms.